The fourth-order valence-corrected chi connectivity index (χ4v) is 3.11. The number of anilines is 1. The molecule has 2 heterocycles. The molecule has 25 heavy (non-hydrogen) atoms. The first-order chi connectivity index (χ1) is 12.2. The number of nitrogens with one attached hydrogen (secondary N) is 1. The number of hydrogen-bond donors (Lipinski definition) is 1. The van der Waals surface area contributed by atoms with Gasteiger partial charge < -0.3 is 14.2 Å². The number of carbonyl (C=O) groups is 2. The summed E-state index contributed by atoms with van der Waals surface area (Å²) in [5.41, 5.74) is 1.67. The molecule has 1 fully saturated rings. The summed E-state index contributed by atoms with van der Waals surface area (Å²) in [6.45, 7) is 0.204. The Hall–Kier alpha value is -2.45. The number of esters is 1. The molecule has 0 unspecified atom stereocenters. The van der Waals surface area contributed by atoms with E-state index in [2.05, 4.69) is 10.3 Å². The van der Waals surface area contributed by atoms with E-state index in [4.69, 9.17) is 14.2 Å². The van der Waals surface area contributed by atoms with Crippen LogP contribution >= 0.6 is 11.3 Å². The van der Waals surface area contributed by atoms with Crippen LogP contribution in [-0.2, 0) is 19.1 Å². The molecule has 8 heteroatoms. The minimum absolute atomic E-state index is 0.351. The fourth-order valence-electron chi connectivity index (χ4n) is 2.37. The molecule has 0 aliphatic carbocycles. The first-order valence-corrected chi connectivity index (χ1v) is 8.72. The SMILES string of the molecule is COc1ccc(-c2csc(NC(=O)COC(=O)[C@@H]3CCCO3)n2)cc1. The molecule has 1 aliphatic rings. The Kier molecular flexibility index (Phi) is 5.62. The minimum Gasteiger partial charge on any atom is -0.497 e. The molecule has 7 nitrogen and oxygen atoms in total. The number of benzene rings is 1. The number of carbonyl (C=O) groups excluding carboxylic acids is 2. The van der Waals surface area contributed by atoms with Crippen LogP contribution in [0, 0.1) is 0 Å². The summed E-state index contributed by atoms with van der Waals surface area (Å²) in [5, 5.41) is 4.92. The average molecular weight is 362 g/mol. The van der Waals surface area contributed by atoms with Crippen LogP contribution in [0.3, 0.4) is 0 Å². The van der Waals surface area contributed by atoms with Gasteiger partial charge in [-0.1, -0.05) is 0 Å². The van der Waals surface area contributed by atoms with Gasteiger partial charge in [0.2, 0.25) is 0 Å². The number of methoxy groups -OCH3 is 1. The predicted molar refractivity (Wildman–Crippen MR) is 92.7 cm³/mol. The zero-order chi connectivity index (χ0) is 17.6. The van der Waals surface area contributed by atoms with Gasteiger partial charge in [0.25, 0.3) is 5.91 Å². The summed E-state index contributed by atoms with van der Waals surface area (Å²) < 4.78 is 15.3. The molecule has 1 N–H and O–H groups in total. The van der Waals surface area contributed by atoms with Gasteiger partial charge in [-0.2, -0.15) is 0 Å². The lowest BCUT2D eigenvalue weighted by Gasteiger charge is -2.08. The summed E-state index contributed by atoms with van der Waals surface area (Å²) in [4.78, 5) is 27.9. The maximum atomic E-state index is 11.9. The third-order valence-electron chi connectivity index (χ3n) is 3.67. The number of aromatic nitrogens is 1. The molecule has 1 aromatic heterocycles. The summed E-state index contributed by atoms with van der Waals surface area (Å²) in [7, 11) is 1.61. The number of nitrogens with zero attached hydrogens (tertiary/aromatic N) is 1. The Labute approximate surface area is 148 Å². The van der Waals surface area contributed by atoms with E-state index in [0.717, 1.165) is 23.4 Å². The van der Waals surface area contributed by atoms with Crippen molar-refractivity contribution in [2.75, 3.05) is 25.6 Å². The van der Waals surface area contributed by atoms with Crippen molar-refractivity contribution < 1.29 is 23.8 Å². The normalized spacial score (nSPS) is 16.4. The molecule has 1 atom stereocenters. The second-order valence-electron chi connectivity index (χ2n) is 5.42. The maximum Gasteiger partial charge on any atom is 0.335 e. The molecule has 1 aromatic carbocycles. The molecular formula is C17H18N2O5S. The molecule has 3 rings (SSSR count). The summed E-state index contributed by atoms with van der Waals surface area (Å²) >= 11 is 1.30. The molecule has 132 valence electrons. The van der Waals surface area contributed by atoms with Gasteiger partial charge in [-0.05, 0) is 37.1 Å². The van der Waals surface area contributed by atoms with Crippen LogP contribution in [-0.4, -0.2) is 43.3 Å². The molecule has 1 aliphatic heterocycles. The van der Waals surface area contributed by atoms with Crippen molar-refractivity contribution in [3.05, 3.63) is 29.6 Å². The highest BCUT2D eigenvalue weighted by Gasteiger charge is 2.25. The Morgan fingerprint density at radius 2 is 2.16 bits per heavy atom. The zero-order valence-corrected chi connectivity index (χ0v) is 14.5. The molecule has 0 radical (unpaired) electrons. The topological polar surface area (TPSA) is 86.8 Å². The first-order valence-electron chi connectivity index (χ1n) is 7.84. The lowest BCUT2D eigenvalue weighted by Crippen LogP contribution is -2.27. The van der Waals surface area contributed by atoms with Gasteiger partial charge in [0, 0.05) is 17.6 Å². The van der Waals surface area contributed by atoms with Gasteiger partial charge >= 0.3 is 5.97 Å². The predicted octanol–water partition coefficient (Wildman–Crippen LogP) is 2.48. The Morgan fingerprint density at radius 3 is 2.84 bits per heavy atom. The van der Waals surface area contributed by atoms with Crippen LogP contribution in [0.5, 0.6) is 5.75 Å². The van der Waals surface area contributed by atoms with Gasteiger partial charge in [0.15, 0.2) is 17.8 Å². The van der Waals surface area contributed by atoms with Crippen molar-refractivity contribution in [1.82, 2.24) is 4.98 Å². The molecule has 1 saturated heterocycles. The Bertz CT molecular complexity index is 738. The molecule has 0 spiro atoms. The van der Waals surface area contributed by atoms with Gasteiger partial charge in [0.05, 0.1) is 12.8 Å². The van der Waals surface area contributed by atoms with Gasteiger partial charge in [-0.25, -0.2) is 9.78 Å². The summed E-state index contributed by atoms with van der Waals surface area (Å²) in [6.07, 6.45) is 0.923. The van der Waals surface area contributed by atoms with Gasteiger partial charge in [-0.3, -0.25) is 10.1 Å². The molecule has 0 saturated carbocycles. The van der Waals surface area contributed by atoms with E-state index in [1.807, 2.05) is 29.6 Å². The number of ether oxygens (including phenoxy) is 3. The highest BCUT2D eigenvalue weighted by atomic mass is 32.1. The van der Waals surface area contributed by atoms with E-state index in [1.165, 1.54) is 11.3 Å². The van der Waals surface area contributed by atoms with Crippen LogP contribution in [0.1, 0.15) is 12.8 Å². The zero-order valence-electron chi connectivity index (χ0n) is 13.7. The van der Waals surface area contributed by atoms with Crippen molar-refractivity contribution in [2.24, 2.45) is 0 Å². The van der Waals surface area contributed by atoms with Crippen molar-refractivity contribution in [1.29, 1.82) is 0 Å². The minimum atomic E-state index is -0.547. The lowest BCUT2D eigenvalue weighted by molar-refractivity contribution is -0.156. The van der Waals surface area contributed by atoms with Gasteiger partial charge in [-0.15, -0.1) is 11.3 Å². The second-order valence-corrected chi connectivity index (χ2v) is 6.28. The quantitative estimate of drug-likeness (QED) is 0.795. The van der Waals surface area contributed by atoms with E-state index in [0.29, 0.717) is 18.2 Å². The van der Waals surface area contributed by atoms with Crippen molar-refractivity contribution >= 4 is 28.3 Å². The lowest BCUT2D eigenvalue weighted by atomic mass is 10.2. The van der Waals surface area contributed by atoms with E-state index in [9.17, 15) is 9.59 Å². The maximum absolute atomic E-state index is 11.9. The van der Waals surface area contributed by atoms with Crippen molar-refractivity contribution in [2.45, 2.75) is 18.9 Å². The van der Waals surface area contributed by atoms with Crippen LogP contribution in [0.4, 0.5) is 5.13 Å². The van der Waals surface area contributed by atoms with E-state index in [1.54, 1.807) is 7.11 Å². The standard InChI is InChI=1S/C17H18N2O5S/c1-22-12-6-4-11(5-7-12)13-10-25-17(18-13)19-15(20)9-24-16(21)14-3-2-8-23-14/h4-7,10,14H,2-3,8-9H2,1H3,(H,18,19,20)/t14-/m0/s1. The van der Waals surface area contributed by atoms with Gasteiger partial charge in [0.1, 0.15) is 5.75 Å². The average Bonchev–Trinajstić information content (AvgIpc) is 3.32. The summed E-state index contributed by atoms with van der Waals surface area (Å²) in [6, 6.07) is 7.47. The Morgan fingerprint density at radius 1 is 1.36 bits per heavy atom. The van der Waals surface area contributed by atoms with E-state index in [-0.39, 0.29) is 6.61 Å². The molecule has 0 bridgehead atoms. The second kappa shape index (κ2) is 8.09. The number of thiazole rings is 1. The van der Waals surface area contributed by atoms with Crippen molar-refractivity contribution in [3.63, 3.8) is 0 Å². The highest BCUT2D eigenvalue weighted by Crippen LogP contribution is 2.26. The van der Waals surface area contributed by atoms with Crippen LogP contribution in [0.2, 0.25) is 0 Å². The third-order valence-corrected chi connectivity index (χ3v) is 4.43. The highest BCUT2D eigenvalue weighted by molar-refractivity contribution is 7.14. The van der Waals surface area contributed by atoms with E-state index < -0.39 is 18.0 Å². The Balaban J connectivity index is 1.51. The number of hydrogen-bond acceptors (Lipinski definition) is 7. The van der Waals surface area contributed by atoms with Crippen LogP contribution in [0.25, 0.3) is 11.3 Å². The first kappa shape index (κ1) is 17.4. The van der Waals surface area contributed by atoms with Crippen LogP contribution < -0.4 is 10.1 Å². The third kappa shape index (κ3) is 4.55. The largest absolute Gasteiger partial charge is 0.497 e. The molecular weight excluding hydrogens is 344 g/mol. The summed E-state index contributed by atoms with van der Waals surface area (Å²) in [5.74, 6) is -0.159. The fraction of sp³-hybridized carbons (Fsp3) is 0.353. The smallest absolute Gasteiger partial charge is 0.335 e. The molecule has 1 amide bonds. The van der Waals surface area contributed by atoms with Crippen molar-refractivity contribution in [3.8, 4) is 17.0 Å². The molecule has 2 aromatic rings. The monoisotopic (exact) mass is 362 g/mol. The number of amides is 1. The number of rotatable bonds is 6. The van der Waals surface area contributed by atoms with Crippen LogP contribution in [0.15, 0.2) is 29.6 Å². The van der Waals surface area contributed by atoms with E-state index >= 15 is 0 Å².